The Morgan fingerprint density at radius 1 is 1.12 bits per heavy atom. The van der Waals surface area contributed by atoms with Crippen molar-refractivity contribution in [1.29, 1.82) is 0 Å². The van der Waals surface area contributed by atoms with Crippen molar-refractivity contribution in [3.8, 4) is 0 Å². The lowest BCUT2D eigenvalue weighted by Crippen LogP contribution is -2.51. The van der Waals surface area contributed by atoms with E-state index in [2.05, 4.69) is 53.2 Å². The lowest BCUT2D eigenvalue weighted by molar-refractivity contribution is -0.139. The van der Waals surface area contributed by atoms with Gasteiger partial charge in [-0.25, -0.2) is 0 Å². The standard InChI is InChI=1S/C20H31N3O/c1-3-17-4-6-18(7-5-17)19(22-14-10-21-11-15-22)20(24)23-12-8-16(2)9-13-23/h4-7,16,19,21H,3,8-15H2,1-2H3. The van der Waals surface area contributed by atoms with Gasteiger partial charge in [0.25, 0.3) is 0 Å². The Balaban J connectivity index is 1.81. The minimum absolute atomic E-state index is 0.119. The summed E-state index contributed by atoms with van der Waals surface area (Å²) in [5, 5.41) is 3.40. The zero-order chi connectivity index (χ0) is 16.9. The second-order valence-electron chi connectivity index (χ2n) is 7.29. The first kappa shape index (κ1) is 17.4. The molecule has 1 N–H and O–H groups in total. The number of carbonyl (C=O) groups is 1. The van der Waals surface area contributed by atoms with Crippen LogP contribution in [-0.4, -0.2) is 55.0 Å². The molecule has 0 radical (unpaired) electrons. The first-order valence-corrected chi connectivity index (χ1v) is 9.51. The maximum atomic E-state index is 13.3. The SMILES string of the molecule is CCc1ccc(C(C(=O)N2CCC(C)CC2)N2CCNCC2)cc1. The third-order valence-electron chi connectivity index (χ3n) is 5.55. The molecule has 24 heavy (non-hydrogen) atoms. The normalized spacial score (nSPS) is 21.7. The number of piperazine rings is 1. The summed E-state index contributed by atoms with van der Waals surface area (Å²) >= 11 is 0. The first-order valence-electron chi connectivity index (χ1n) is 9.51. The number of likely N-dealkylation sites (tertiary alicyclic amines) is 1. The molecule has 0 saturated carbocycles. The molecule has 4 nitrogen and oxygen atoms in total. The molecule has 4 heteroatoms. The van der Waals surface area contributed by atoms with Crippen LogP contribution in [-0.2, 0) is 11.2 Å². The summed E-state index contributed by atoms with van der Waals surface area (Å²) < 4.78 is 0. The maximum Gasteiger partial charge on any atom is 0.244 e. The predicted octanol–water partition coefficient (Wildman–Crippen LogP) is 2.45. The van der Waals surface area contributed by atoms with Gasteiger partial charge in [0.1, 0.15) is 6.04 Å². The molecule has 3 rings (SSSR count). The molecule has 132 valence electrons. The van der Waals surface area contributed by atoms with Crippen molar-refractivity contribution in [3.05, 3.63) is 35.4 Å². The van der Waals surface area contributed by atoms with Gasteiger partial charge in [-0.3, -0.25) is 9.69 Å². The molecule has 2 saturated heterocycles. The highest BCUT2D eigenvalue weighted by molar-refractivity contribution is 5.83. The van der Waals surface area contributed by atoms with E-state index in [0.29, 0.717) is 5.91 Å². The van der Waals surface area contributed by atoms with E-state index in [-0.39, 0.29) is 6.04 Å². The molecule has 0 bridgehead atoms. The van der Waals surface area contributed by atoms with Crippen LogP contribution in [0, 0.1) is 5.92 Å². The van der Waals surface area contributed by atoms with Crippen molar-refractivity contribution in [2.24, 2.45) is 5.92 Å². The summed E-state index contributed by atoms with van der Waals surface area (Å²) in [6, 6.07) is 8.56. The van der Waals surface area contributed by atoms with Gasteiger partial charge in [-0.05, 0) is 36.3 Å². The monoisotopic (exact) mass is 329 g/mol. The molecule has 0 aliphatic carbocycles. The van der Waals surface area contributed by atoms with Gasteiger partial charge >= 0.3 is 0 Å². The number of piperidine rings is 1. The molecular formula is C20H31N3O. The largest absolute Gasteiger partial charge is 0.341 e. The van der Waals surface area contributed by atoms with Gasteiger partial charge in [-0.2, -0.15) is 0 Å². The topological polar surface area (TPSA) is 35.6 Å². The number of benzene rings is 1. The summed E-state index contributed by atoms with van der Waals surface area (Å²) in [5.41, 5.74) is 2.48. The summed E-state index contributed by atoms with van der Waals surface area (Å²) in [4.78, 5) is 17.8. The molecule has 2 aliphatic rings. The number of hydrogen-bond acceptors (Lipinski definition) is 3. The Kier molecular flexibility index (Phi) is 5.90. The predicted molar refractivity (Wildman–Crippen MR) is 98.0 cm³/mol. The van der Waals surface area contributed by atoms with Crippen LogP contribution in [0.15, 0.2) is 24.3 Å². The van der Waals surface area contributed by atoms with E-state index in [1.807, 2.05) is 0 Å². The van der Waals surface area contributed by atoms with Crippen LogP contribution < -0.4 is 5.32 Å². The average Bonchev–Trinajstić information content (AvgIpc) is 2.64. The van der Waals surface area contributed by atoms with Crippen LogP contribution >= 0.6 is 0 Å². The van der Waals surface area contributed by atoms with Crippen molar-refractivity contribution in [3.63, 3.8) is 0 Å². The Morgan fingerprint density at radius 3 is 2.33 bits per heavy atom. The molecule has 2 aliphatic heterocycles. The lowest BCUT2D eigenvalue weighted by Gasteiger charge is -2.39. The molecule has 1 aromatic carbocycles. The van der Waals surface area contributed by atoms with E-state index in [4.69, 9.17) is 0 Å². The quantitative estimate of drug-likeness (QED) is 0.922. The highest BCUT2D eigenvalue weighted by Gasteiger charge is 2.33. The smallest absolute Gasteiger partial charge is 0.244 e. The lowest BCUT2D eigenvalue weighted by atomic mass is 9.96. The van der Waals surface area contributed by atoms with Crippen molar-refractivity contribution >= 4 is 5.91 Å². The summed E-state index contributed by atoms with van der Waals surface area (Å²) in [7, 11) is 0. The van der Waals surface area contributed by atoms with E-state index in [0.717, 1.165) is 70.0 Å². The van der Waals surface area contributed by atoms with Crippen LogP contribution in [0.25, 0.3) is 0 Å². The second kappa shape index (κ2) is 8.13. The number of amides is 1. The third kappa shape index (κ3) is 3.98. The van der Waals surface area contributed by atoms with Crippen LogP contribution in [0.4, 0.5) is 0 Å². The summed E-state index contributed by atoms with van der Waals surface area (Å²) in [6.07, 6.45) is 3.31. The van der Waals surface area contributed by atoms with Crippen LogP contribution in [0.2, 0.25) is 0 Å². The number of carbonyl (C=O) groups excluding carboxylic acids is 1. The molecule has 1 unspecified atom stereocenters. The highest BCUT2D eigenvalue weighted by Crippen LogP contribution is 2.27. The van der Waals surface area contributed by atoms with Gasteiger partial charge in [0.15, 0.2) is 0 Å². The molecule has 0 spiro atoms. The van der Waals surface area contributed by atoms with Gasteiger partial charge in [0, 0.05) is 39.3 Å². The Morgan fingerprint density at radius 2 is 1.75 bits per heavy atom. The number of aryl methyl sites for hydroxylation is 1. The fraction of sp³-hybridized carbons (Fsp3) is 0.650. The van der Waals surface area contributed by atoms with E-state index in [9.17, 15) is 4.79 Å². The first-order chi connectivity index (χ1) is 11.7. The number of rotatable bonds is 4. The zero-order valence-electron chi connectivity index (χ0n) is 15.1. The molecular weight excluding hydrogens is 298 g/mol. The molecule has 0 aromatic heterocycles. The highest BCUT2D eigenvalue weighted by atomic mass is 16.2. The van der Waals surface area contributed by atoms with Gasteiger partial charge in [0.05, 0.1) is 0 Å². The fourth-order valence-electron chi connectivity index (χ4n) is 3.79. The number of hydrogen-bond donors (Lipinski definition) is 1. The minimum atomic E-state index is -0.119. The van der Waals surface area contributed by atoms with E-state index < -0.39 is 0 Å². The second-order valence-corrected chi connectivity index (χ2v) is 7.29. The van der Waals surface area contributed by atoms with Gasteiger partial charge < -0.3 is 10.2 Å². The molecule has 2 fully saturated rings. The van der Waals surface area contributed by atoms with Gasteiger partial charge in [0.2, 0.25) is 5.91 Å². The molecule has 2 heterocycles. The van der Waals surface area contributed by atoms with Crippen molar-refractivity contribution in [2.45, 2.75) is 39.2 Å². The Hall–Kier alpha value is -1.39. The molecule has 1 atom stereocenters. The number of nitrogens with one attached hydrogen (secondary N) is 1. The third-order valence-corrected chi connectivity index (χ3v) is 5.55. The van der Waals surface area contributed by atoms with Crippen LogP contribution in [0.3, 0.4) is 0 Å². The van der Waals surface area contributed by atoms with E-state index in [1.165, 1.54) is 5.56 Å². The molecule has 1 amide bonds. The van der Waals surface area contributed by atoms with E-state index in [1.54, 1.807) is 0 Å². The number of nitrogens with zero attached hydrogens (tertiary/aromatic N) is 2. The summed E-state index contributed by atoms with van der Waals surface area (Å²) in [6.45, 7) is 10.1. The average molecular weight is 329 g/mol. The van der Waals surface area contributed by atoms with Crippen molar-refractivity contribution in [2.75, 3.05) is 39.3 Å². The Bertz CT molecular complexity index is 528. The summed E-state index contributed by atoms with van der Waals surface area (Å²) in [5.74, 6) is 1.04. The van der Waals surface area contributed by atoms with E-state index >= 15 is 0 Å². The minimum Gasteiger partial charge on any atom is -0.341 e. The van der Waals surface area contributed by atoms with Crippen LogP contribution in [0.1, 0.15) is 43.9 Å². The zero-order valence-corrected chi connectivity index (χ0v) is 15.1. The van der Waals surface area contributed by atoms with Crippen LogP contribution in [0.5, 0.6) is 0 Å². The van der Waals surface area contributed by atoms with Crippen molar-refractivity contribution < 1.29 is 4.79 Å². The van der Waals surface area contributed by atoms with Crippen molar-refractivity contribution in [1.82, 2.24) is 15.1 Å². The maximum absolute atomic E-state index is 13.3. The fourth-order valence-corrected chi connectivity index (χ4v) is 3.79. The Labute approximate surface area is 146 Å². The van der Waals surface area contributed by atoms with Gasteiger partial charge in [-0.1, -0.05) is 38.1 Å². The van der Waals surface area contributed by atoms with Gasteiger partial charge in [-0.15, -0.1) is 0 Å². The molecule has 1 aromatic rings.